The summed E-state index contributed by atoms with van der Waals surface area (Å²) in [6.45, 7) is 0. The van der Waals surface area contributed by atoms with Gasteiger partial charge < -0.3 is 0 Å². The number of hydrogen-bond donors (Lipinski definition) is 0. The molecular weight excluding hydrogens is 250 g/mol. The van der Waals surface area contributed by atoms with Gasteiger partial charge in [0.2, 0.25) is 0 Å². The Hall–Kier alpha value is -0.790. The minimum atomic E-state index is 0.269. The van der Waals surface area contributed by atoms with Crippen molar-refractivity contribution in [3.8, 4) is 6.07 Å². The second kappa shape index (κ2) is 4.15. The van der Waals surface area contributed by atoms with Gasteiger partial charge >= 0.3 is 0 Å². The number of hydrogen-bond acceptors (Lipinski definition) is 4. The summed E-state index contributed by atoms with van der Waals surface area (Å²) in [5, 5.41) is 9.17. The smallest absolute Gasteiger partial charge is 0.165 e. The van der Waals surface area contributed by atoms with Crippen LogP contribution in [0.3, 0.4) is 0 Å². The first-order chi connectivity index (χ1) is 8.24. The third-order valence-electron chi connectivity index (χ3n) is 3.74. The summed E-state index contributed by atoms with van der Waals surface area (Å²) in [6, 6.07) is 2.26. The third kappa shape index (κ3) is 1.82. The molecule has 4 heteroatoms. The van der Waals surface area contributed by atoms with Crippen molar-refractivity contribution in [1.29, 1.82) is 5.26 Å². The molecule has 2 aliphatic carbocycles. The fourth-order valence-electron chi connectivity index (χ4n) is 2.73. The Labute approximate surface area is 109 Å². The molecule has 0 amide bonds. The highest BCUT2D eigenvalue weighted by Crippen LogP contribution is 2.47. The number of ketones is 1. The van der Waals surface area contributed by atoms with Crippen LogP contribution in [0, 0.1) is 23.2 Å². The lowest BCUT2D eigenvalue weighted by atomic mass is 9.81. The third-order valence-corrected chi connectivity index (χ3v) is 6.00. The van der Waals surface area contributed by atoms with Gasteiger partial charge in [-0.05, 0) is 42.9 Å². The molecule has 2 aliphatic rings. The highest BCUT2D eigenvalue weighted by molar-refractivity contribution is 8.00. The normalized spacial score (nSPS) is 23.3. The molecule has 0 N–H and O–H groups in total. The number of rotatable bonds is 2. The Morgan fingerprint density at radius 3 is 2.71 bits per heavy atom. The van der Waals surface area contributed by atoms with Crippen molar-refractivity contribution in [2.24, 2.45) is 11.8 Å². The number of thiophene rings is 1. The monoisotopic (exact) mass is 263 g/mol. The van der Waals surface area contributed by atoms with Crippen LogP contribution in [0.5, 0.6) is 0 Å². The van der Waals surface area contributed by atoms with Gasteiger partial charge in [-0.25, -0.2) is 0 Å². The molecule has 0 spiro atoms. The zero-order chi connectivity index (χ0) is 12.0. The molecule has 0 radical (unpaired) electrons. The van der Waals surface area contributed by atoms with Gasteiger partial charge in [0.05, 0.1) is 4.21 Å². The molecule has 88 valence electrons. The Bertz CT molecular complexity index is 522. The van der Waals surface area contributed by atoms with Crippen LogP contribution in [0.4, 0.5) is 0 Å². The Kier molecular flexibility index (Phi) is 2.76. The first-order valence-corrected chi connectivity index (χ1v) is 7.91. The first-order valence-electron chi connectivity index (χ1n) is 5.87. The van der Waals surface area contributed by atoms with E-state index in [4.69, 9.17) is 5.26 Å². The zero-order valence-electron chi connectivity index (χ0n) is 9.66. The molecule has 0 unspecified atom stereocenters. The maximum absolute atomic E-state index is 12.2. The lowest BCUT2D eigenvalue weighted by Crippen LogP contribution is -2.21. The molecule has 17 heavy (non-hydrogen) atoms. The number of nitrogens with zero attached hydrogens (tertiary/aromatic N) is 1. The summed E-state index contributed by atoms with van der Waals surface area (Å²) in [5.41, 5.74) is 1.92. The molecule has 0 bridgehead atoms. The molecule has 1 aromatic rings. The molecule has 1 saturated carbocycles. The maximum Gasteiger partial charge on any atom is 0.165 e. The fourth-order valence-corrected chi connectivity index (χ4v) is 4.63. The van der Waals surface area contributed by atoms with Gasteiger partial charge in [0.25, 0.3) is 0 Å². The van der Waals surface area contributed by atoms with Crippen molar-refractivity contribution in [3.05, 3.63) is 16.0 Å². The SMILES string of the molecule is CSc1sc(C#N)c2c1C(=O)C[C@@H](C1CC1)C2. The van der Waals surface area contributed by atoms with E-state index in [1.54, 1.807) is 11.8 Å². The minimum Gasteiger partial charge on any atom is -0.294 e. The van der Waals surface area contributed by atoms with E-state index >= 15 is 0 Å². The Morgan fingerprint density at radius 1 is 1.35 bits per heavy atom. The van der Waals surface area contributed by atoms with Gasteiger partial charge in [0.15, 0.2) is 5.78 Å². The summed E-state index contributed by atoms with van der Waals surface area (Å²) in [6.07, 6.45) is 6.18. The van der Waals surface area contributed by atoms with Crippen LogP contribution in [0.15, 0.2) is 4.21 Å². The Morgan fingerprint density at radius 2 is 2.12 bits per heavy atom. The van der Waals surface area contributed by atoms with E-state index in [0.29, 0.717) is 12.3 Å². The van der Waals surface area contributed by atoms with Crippen LogP contribution in [0.2, 0.25) is 0 Å². The topological polar surface area (TPSA) is 40.9 Å². The second-order valence-corrected chi connectivity index (χ2v) is 6.91. The van der Waals surface area contributed by atoms with Gasteiger partial charge in [0, 0.05) is 12.0 Å². The van der Waals surface area contributed by atoms with E-state index in [2.05, 4.69) is 6.07 Å². The quantitative estimate of drug-likeness (QED) is 0.767. The van der Waals surface area contributed by atoms with E-state index in [1.807, 2.05) is 6.26 Å². The second-order valence-electron chi connectivity index (χ2n) is 4.82. The van der Waals surface area contributed by atoms with E-state index in [1.165, 1.54) is 24.2 Å². The van der Waals surface area contributed by atoms with Crippen LogP contribution in [0.1, 0.15) is 40.1 Å². The summed E-state index contributed by atoms with van der Waals surface area (Å²) in [4.78, 5) is 13.0. The van der Waals surface area contributed by atoms with Crippen molar-refractivity contribution >= 4 is 28.9 Å². The predicted octanol–water partition coefficient (Wildman–Crippen LogP) is 3.50. The molecule has 0 aromatic carbocycles. The summed E-state index contributed by atoms with van der Waals surface area (Å²) in [5.74, 6) is 1.52. The van der Waals surface area contributed by atoms with Gasteiger partial charge in [-0.2, -0.15) is 5.26 Å². The fraction of sp³-hybridized carbons (Fsp3) is 0.538. The zero-order valence-corrected chi connectivity index (χ0v) is 11.3. The Balaban J connectivity index is 2.05. The molecule has 1 fully saturated rings. The van der Waals surface area contributed by atoms with Gasteiger partial charge in [-0.1, -0.05) is 0 Å². The van der Waals surface area contributed by atoms with Gasteiger partial charge in [0.1, 0.15) is 10.9 Å². The molecule has 1 atom stereocenters. The molecule has 0 aliphatic heterocycles. The van der Waals surface area contributed by atoms with Crippen molar-refractivity contribution < 1.29 is 4.79 Å². The van der Waals surface area contributed by atoms with Crippen molar-refractivity contribution in [1.82, 2.24) is 0 Å². The van der Waals surface area contributed by atoms with E-state index in [9.17, 15) is 4.79 Å². The van der Waals surface area contributed by atoms with E-state index < -0.39 is 0 Å². The maximum atomic E-state index is 12.2. The molecule has 3 rings (SSSR count). The average molecular weight is 263 g/mol. The first kappa shape index (κ1) is 11.3. The van der Waals surface area contributed by atoms with E-state index in [0.717, 1.165) is 32.6 Å². The number of fused-ring (bicyclic) bond motifs is 1. The number of Topliss-reactive ketones (excluding diaryl/α,β-unsaturated/α-hetero) is 1. The highest BCUT2D eigenvalue weighted by atomic mass is 32.2. The highest BCUT2D eigenvalue weighted by Gasteiger charge is 2.39. The average Bonchev–Trinajstić information content (AvgIpc) is 3.10. The molecule has 1 aromatic heterocycles. The van der Waals surface area contributed by atoms with Crippen molar-refractivity contribution in [2.45, 2.75) is 29.9 Å². The molecule has 2 nitrogen and oxygen atoms in total. The van der Waals surface area contributed by atoms with Crippen LogP contribution in [0.25, 0.3) is 0 Å². The van der Waals surface area contributed by atoms with Crippen LogP contribution >= 0.6 is 23.1 Å². The minimum absolute atomic E-state index is 0.269. The predicted molar refractivity (Wildman–Crippen MR) is 69.7 cm³/mol. The number of nitriles is 1. The van der Waals surface area contributed by atoms with Gasteiger partial charge in [-0.15, -0.1) is 23.1 Å². The summed E-state index contributed by atoms with van der Waals surface area (Å²) < 4.78 is 1.04. The van der Waals surface area contributed by atoms with Crippen molar-refractivity contribution in [2.75, 3.05) is 6.26 Å². The summed E-state index contributed by atoms with van der Waals surface area (Å²) in [7, 11) is 0. The molecule has 0 saturated heterocycles. The standard InChI is InChI=1S/C13H13NOS2/c1-16-13-12-9(11(6-14)17-13)4-8(5-10(12)15)7-2-3-7/h7-8H,2-5H2,1H3/t8-/m0/s1. The number of thioether (sulfide) groups is 1. The van der Waals surface area contributed by atoms with Crippen LogP contribution in [-0.2, 0) is 6.42 Å². The van der Waals surface area contributed by atoms with Crippen molar-refractivity contribution in [3.63, 3.8) is 0 Å². The summed E-state index contributed by atoms with van der Waals surface area (Å²) >= 11 is 3.09. The van der Waals surface area contributed by atoms with Gasteiger partial charge in [-0.3, -0.25) is 4.79 Å². The number of carbonyl (C=O) groups excluding carboxylic acids is 1. The largest absolute Gasteiger partial charge is 0.294 e. The lowest BCUT2D eigenvalue weighted by Gasteiger charge is -2.21. The molecule has 1 heterocycles. The van der Waals surface area contributed by atoms with E-state index in [-0.39, 0.29) is 5.78 Å². The van der Waals surface area contributed by atoms with Crippen LogP contribution < -0.4 is 0 Å². The lowest BCUT2D eigenvalue weighted by molar-refractivity contribution is 0.0940. The molecular formula is C13H13NOS2. The number of carbonyl (C=O) groups is 1. The van der Waals surface area contributed by atoms with Crippen LogP contribution in [-0.4, -0.2) is 12.0 Å².